The predicted octanol–water partition coefficient (Wildman–Crippen LogP) is 1.90. The summed E-state index contributed by atoms with van der Waals surface area (Å²) < 4.78 is 50.6. The molecule has 5 N–H and O–H groups in total. The molecule has 226 valence electrons. The van der Waals surface area contributed by atoms with E-state index in [1.165, 1.54) is 13.2 Å². The summed E-state index contributed by atoms with van der Waals surface area (Å²) in [5.74, 6) is -3.14. The summed E-state index contributed by atoms with van der Waals surface area (Å²) in [6, 6.07) is 6.55. The third-order valence-corrected chi connectivity index (χ3v) is 6.17. The Morgan fingerprint density at radius 2 is 1.83 bits per heavy atom. The van der Waals surface area contributed by atoms with Crippen LogP contribution in [-0.4, -0.2) is 82.3 Å². The largest absolute Gasteiger partial charge is 0.497 e. The van der Waals surface area contributed by atoms with Gasteiger partial charge in [0.15, 0.2) is 12.7 Å². The second-order valence-corrected chi connectivity index (χ2v) is 8.89. The first-order valence-corrected chi connectivity index (χ1v) is 12.8. The minimum Gasteiger partial charge on any atom is -0.497 e. The van der Waals surface area contributed by atoms with E-state index in [4.69, 9.17) is 30.1 Å². The zero-order valence-electron chi connectivity index (χ0n) is 23.0. The Hall–Kier alpha value is -3.52. The van der Waals surface area contributed by atoms with Crippen molar-refractivity contribution in [3.05, 3.63) is 58.7 Å². The number of nitrogen functional groups attached to an aromatic ring is 1. The second kappa shape index (κ2) is 16.7. The third kappa shape index (κ3) is 9.81. The highest BCUT2D eigenvalue weighted by Gasteiger charge is 2.28. The number of benzene rings is 2. The molecule has 41 heavy (non-hydrogen) atoms. The number of carbonyl (C=O) groups excluding carboxylic acids is 2. The monoisotopic (exact) mass is 599 g/mol. The maximum atomic E-state index is 14.7. The van der Waals surface area contributed by atoms with Crippen LogP contribution in [0.4, 0.5) is 8.78 Å². The first-order chi connectivity index (χ1) is 19.2. The SMILES string of the molecule is CCOC(C(=O)NCc1ccc(C(=N)N)cc1OCC(=O)NCCN1CCOCC1)c1c(F)cc(OC)cc1F.Cl. The number of nitrogens with two attached hydrogens (primary N) is 1. The number of halogens is 3. The molecule has 0 radical (unpaired) electrons. The fraction of sp³-hybridized carbons (Fsp3) is 0.444. The van der Waals surface area contributed by atoms with E-state index < -0.39 is 29.2 Å². The maximum Gasteiger partial charge on any atom is 0.257 e. The van der Waals surface area contributed by atoms with Crippen molar-refractivity contribution in [1.29, 1.82) is 5.41 Å². The van der Waals surface area contributed by atoms with Crippen LogP contribution < -0.4 is 25.8 Å². The zero-order chi connectivity index (χ0) is 29.1. The normalized spacial score (nSPS) is 14.0. The highest BCUT2D eigenvalue weighted by atomic mass is 35.5. The average molecular weight is 600 g/mol. The Morgan fingerprint density at radius 3 is 2.44 bits per heavy atom. The van der Waals surface area contributed by atoms with Crippen LogP contribution in [0.2, 0.25) is 0 Å². The Kier molecular flexibility index (Phi) is 13.7. The van der Waals surface area contributed by atoms with Crippen molar-refractivity contribution >= 4 is 30.1 Å². The van der Waals surface area contributed by atoms with E-state index >= 15 is 0 Å². The number of nitrogens with zero attached hydrogens (tertiary/aromatic N) is 1. The summed E-state index contributed by atoms with van der Waals surface area (Å²) >= 11 is 0. The van der Waals surface area contributed by atoms with Crippen molar-refractivity contribution in [2.45, 2.75) is 19.6 Å². The number of amides is 2. The van der Waals surface area contributed by atoms with Crippen molar-refractivity contribution in [1.82, 2.24) is 15.5 Å². The second-order valence-electron chi connectivity index (χ2n) is 8.89. The van der Waals surface area contributed by atoms with E-state index in [2.05, 4.69) is 15.5 Å². The molecule has 0 spiro atoms. The number of amidine groups is 1. The van der Waals surface area contributed by atoms with Crippen molar-refractivity contribution in [2.24, 2.45) is 5.73 Å². The number of hydrogen-bond acceptors (Lipinski definition) is 8. The van der Waals surface area contributed by atoms with Gasteiger partial charge in [-0.05, 0) is 13.0 Å². The number of carbonyl (C=O) groups is 2. The van der Waals surface area contributed by atoms with Crippen LogP contribution in [-0.2, 0) is 25.6 Å². The van der Waals surface area contributed by atoms with Crippen LogP contribution in [0.3, 0.4) is 0 Å². The van der Waals surface area contributed by atoms with E-state index in [9.17, 15) is 18.4 Å². The van der Waals surface area contributed by atoms with Gasteiger partial charge in [-0.25, -0.2) is 8.78 Å². The maximum absolute atomic E-state index is 14.7. The number of methoxy groups -OCH3 is 1. The molecule has 1 saturated heterocycles. The molecular weight excluding hydrogens is 564 g/mol. The zero-order valence-corrected chi connectivity index (χ0v) is 23.8. The Labute approximate surface area is 243 Å². The molecule has 0 saturated carbocycles. The summed E-state index contributed by atoms with van der Waals surface area (Å²) in [6.07, 6.45) is -1.56. The minimum absolute atomic E-state index is 0. The molecule has 0 aromatic heterocycles. The molecule has 11 nitrogen and oxygen atoms in total. The molecule has 1 aliphatic rings. The molecule has 1 unspecified atom stereocenters. The van der Waals surface area contributed by atoms with Crippen LogP contribution in [0.1, 0.15) is 29.7 Å². The smallest absolute Gasteiger partial charge is 0.257 e. The van der Waals surface area contributed by atoms with E-state index in [0.29, 0.717) is 37.4 Å². The molecular formula is C27H36ClF2N5O6. The lowest BCUT2D eigenvalue weighted by atomic mass is 10.1. The van der Waals surface area contributed by atoms with Gasteiger partial charge in [0.05, 0.1) is 25.9 Å². The van der Waals surface area contributed by atoms with Crippen LogP contribution in [0.25, 0.3) is 0 Å². The lowest BCUT2D eigenvalue weighted by Gasteiger charge is -2.26. The van der Waals surface area contributed by atoms with Gasteiger partial charge in [-0.3, -0.25) is 19.9 Å². The quantitative estimate of drug-likeness (QED) is 0.190. The summed E-state index contributed by atoms with van der Waals surface area (Å²) in [6.45, 7) is 5.25. The van der Waals surface area contributed by atoms with Crippen molar-refractivity contribution in [3.8, 4) is 11.5 Å². The number of rotatable bonds is 14. The molecule has 1 fully saturated rings. The molecule has 2 aromatic rings. The number of hydrogen-bond donors (Lipinski definition) is 4. The van der Waals surface area contributed by atoms with Gasteiger partial charge in [0.25, 0.3) is 11.8 Å². The first kappa shape index (κ1) is 33.7. The first-order valence-electron chi connectivity index (χ1n) is 12.8. The molecule has 2 amide bonds. The highest BCUT2D eigenvalue weighted by Crippen LogP contribution is 2.29. The molecule has 3 rings (SSSR count). The number of nitrogens with one attached hydrogen (secondary N) is 3. The summed E-state index contributed by atoms with van der Waals surface area (Å²) in [5, 5.41) is 13.1. The Balaban J connectivity index is 0.00000588. The Morgan fingerprint density at radius 1 is 1.15 bits per heavy atom. The van der Waals surface area contributed by atoms with E-state index in [1.807, 2.05) is 0 Å². The Bertz CT molecular complexity index is 1180. The third-order valence-electron chi connectivity index (χ3n) is 6.17. The van der Waals surface area contributed by atoms with Gasteiger partial charge >= 0.3 is 0 Å². The van der Waals surface area contributed by atoms with Gasteiger partial charge in [0.1, 0.15) is 29.0 Å². The van der Waals surface area contributed by atoms with Crippen LogP contribution in [0.15, 0.2) is 30.3 Å². The minimum atomic E-state index is -1.56. The fourth-order valence-electron chi connectivity index (χ4n) is 4.04. The van der Waals surface area contributed by atoms with Gasteiger partial charge in [0, 0.05) is 62.6 Å². The van der Waals surface area contributed by atoms with Crippen molar-refractivity contribution in [3.63, 3.8) is 0 Å². The van der Waals surface area contributed by atoms with E-state index in [0.717, 1.165) is 25.2 Å². The molecule has 1 aliphatic heterocycles. The summed E-state index contributed by atoms with van der Waals surface area (Å²) in [5.41, 5.74) is 5.86. The lowest BCUT2D eigenvalue weighted by Crippen LogP contribution is -2.42. The standard InChI is InChI=1S/C27H35F2N5O6.ClH/c1-3-39-25(24-20(28)13-19(37-2)14-21(24)29)27(36)33-15-18-5-4-17(26(30)31)12-22(18)40-16-23(35)32-6-7-34-8-10-38-11-9-34;/h4-5,12-14,25H,3,6-11,15-16H2,1-2H3,(H3,30,31)(H,32,35)(H,33,36);1H. The molecule has 14 heteroatoms. The molecule has 0 aliphatic carbocycles. The summed E-state index contributed by atoms with van der Waals surface area (Å²) in [7, 11) is 1.27. The average Bonchev–Trinajstić information content (AvgIpc) is 2.94. The van der Waals surface area contributed by atoms with Crippen molar-refractivity contribution in [2.75, 3.05) is 59.7 Å². The van der Waals surface area contributed by atoms with Gasteiger partial charge in [-0.1, -0.05) is 12.1 Å². The van der Waals surface area contributed by atoms with Gasteiger partial charge < -0.3 is 35.3 Å². The molecule has 1 heterocycles. The lowest BCUT2D eigenvalue weighted by molar-refractivity contribution is -0.133. The van der Waals surface area contributed by atoms with Gasteiger partial charge in [-0.2, -0.15) is 0 Å². The number of morpholine rings is 1. The highest BCUT2D eigenvalue weighted by molar-refractivity contribution is 5.95. The topological polar surface area (TPSA) is 148 Å². The fourth-order valence-corrected chi connectivity index (χ4v) is 4.04. The summed E-state index contributed by atoms with van der Waals surface area (Å²) in [4.78, 5) is 27.5. The van der Waals surface area contributed by atoms with E-state index in [1.54, 1.807) is 19.1 Å². The molecule has 2 aromatic carbocycles. The molecule has 1 atom stereocenters. The van der Waals surface area contributed by atoms with Gasteiger partial charge in [-0.15, -0.1) is 12.4 Å². The van der Waals surface area contributed by atoms with Gasteiger partial charge in [0.2, 0.25) is 0 Å². The predicted molar refractivity (Wildman–Crippen MR) is 150 cm³/mol. The molecule has 0 bridgehead atoms. The van der Waals surface area contributed by atoms with Crippen LogP contribution in [0.5, 0.6) is 11.5 Å². The number of ether oxygens (including phenoxy) is 4. The van der Waals surface area contributed by atoms with E-state index in [-0.39, 0.29) is 55.4 Å². The van der Waals surface area contributed by atoms with Crippen LogP contribution >= 0.6 is 12.4 Å². The van der Waals surface area contributed by atoms with Crippen molar-refractivity contribution < 1.29 is 37.3 Å². The van der Waals surface area contributed by atoms with Crippen LogP contribution in [0, 0.1) is 17.0 Å².